The van der Waals surface area contributed by atoms with Gasteiger partial charge in [0.15, 0.2) is 0 Å². The number of aryl methyl sites for hydroxylation is 1. The maximum absolute atomic E-state index is 12.9. The van der Waals surface area contributed by atoms with E-state index in [-0.39, 0.29) is 11.0 Å². The summed E-state index contributed by atoms with van der Waals surface area (Å²) < 4.78 is 7.04. The number of carbonyl (C=O) groups excluding carboxylic acids is 1. The first kappa shape index (κ1) is 18.3. The van der Waals surface area contributed by atoms with Crippen LogP contribution in [-0.2, 0) is 6.54 Å². The van der Waals surface area contributed by atoms with Crippen LogP contribution in [0, 0.1) is 0 Å². The fourth-order valence-electron chi connectivity index (χ4n) is 2.71. The van der Waals surface area contributed by atoms with Gasteiger partial charge in [0.1, 0.15) is 11.3 Å². The number of nitrogens with zero attached hydrogens (tertiary/aromatic N) is 1. The summed E-state index contributed by atoms with van der Waals surface area (Å²) in [6.45, 7) is 2.54. The van der Waals surface area contributed by atoms with E-state index in [1.807, 2.05) is 11.5 Å². The first-order valence-electron chi connectivity index (χ1n) is 7.92. The number of fused-ring (bicyclic) bond motifs is 1. The van der Waals surface area contributed by atoms with Crippen molar-refractivity contribution in [2.75, 3.05) is 12.4 Å². The third-order valence-electron chi connectivity index (χ3n) is 4.05. The molecule has 2 aromatic carbocycles. The van der Waals surface area contributed by atoms with E-state index in [4.69, 9.17) is 27.9 Å². The smallest absolute Gasteiger partial charge is 0.261 e. The average Bonchev–Trinajstić information content (AvgIpc) is 2.64. The van der Waals surface area contributed by atoms with E-state index in [9.17, 15) is 9.59 Å². The molecule has 1 amide bonds. The van der Waals surface area contributed by atoms with E-state index in [2.05, 4.69) is 5.32 Å². The summed E-state index contributed by atoms with van der Waals surface area (Å²) in [4.78, 5) is 25.5. The maximum Gasteiger partial charge on any atom is 0.261 e. The summed E-state index contributed by atoms with van der Waals surface area (Å²) in [6.07, 6.45) is 1.55. The summed E-state index contributed by atoms with van der Waals surface area (Å²) in [5.41, 5.74) is 0.776. The number of methoxy groups -OCH3 is 1. The Morgan fingerprint density at radius 2 is 1.96 bits per heavy atom. The SMILES string of the molecule is CCn1cc(C(=O)Nc2ccc(Cl)cc2Cl)c(=O)c2cc(OC)ccc21. The van der Waals surface area contributed by atoms with Crippen molar-refractivity contribution in [3.63, 3.8) is 0 Å². The van der Waals surface area contributed by atoms with Crippen LogP contribution in [0.5, 0.6) is 5.75 Å². The number of ether oxygens (including phenoxy) is 1. The standard InChI is InChI=1S/C19H16Cl2N2O3/c1-3-23-10-14(18(24)13-9-12(26-2)5-7-17(13)23)19(25)22-16-6-4-11(20)8-15(16)21/h4-10H,3H2,1-2H3,(H,22,25). The van der Waals surface area contributed by atoms with Crippen molar-refractivity contribution in [3.8, 4) is 5.75 Å². The topological polar surface area (TPSA) is 60.3 Å². The Balaban J connectivity index is 2.10. The van der Waals surface area contributed by atoms with Crippen molar-refractivity contribution in [3.05, 3.63) is 68.4 Å². The Bertz CT molecular complexity index is 1060. The zero-order valence-electron chi connectivity index (χ0n) is 14.2. The van der Waals surface area contributed by atoms with Gasteiger partial charge in [-0.15, -0.1) is 0 Å². The number of nitrogens with one attached hydrogen (secondary N) is 1. The van der Waals surface area contributed by atoms with Crippen molar-refractivity contribution >= 4 is 45.7 Å². The summed E-state index contributed by atoms with van der Waals surface area (Å²) >= 11 is 12.0. The number of hydrogen-bond acceptors (Lipinski definition) is 3. The highest BCUT2D eigenvalue weighted by molar-refractivity contribution is 6.36. The summed E-state index contributed by atoms with van der Waals surface area (Å²) in [5.74, 6) is 0.0155. The van der Waals surface area contributed by atoms with Crippen LogP contribution in [0.2, 0.25) is 10.0 Å². The van der Waals surface area contributed by atoms with Crippen molar-refractivity contribution < 1.29 is 9.53 Å². The number of aromatic nitrogens is 1. The number of halogens is 2. The van der Waals surface area contributed by atoms with E-state index >= 15 is 0 Å². The number of pyridine rings is 1. The summed E-state index contributed by atoms with van der Waals surface area (Å²) in [5, 5.41) is 3.84. The number of benzene rings is 2. The number of carbonyl (C=O) groups is 1. The molecular weight excluding hydrogens is 375 g/mol. The molecule has 7 heteroatoms. The van der Waals surface area contributed by atoms with Gasteiger partial charge >= 0.3 is 0 Å². The molecule has 26 heavy (non-hydrogen) atoms. The van der Waals surface area contributed by atoms with Crippen molar-refractivity contribution in [2.45, 2.75) is 13.5 Å². The minimum atomic E-state index is -0.536. The van der Waals surface area contributed by atoms with Gasteiger partial charge in [0, 0.05) is 17.8 Å². The number of amides is 1. The number of rotatable bonds is 4. The van der Waals surface area contributed by atoms with Crippen molar-refractivity contribution in [2.24, 2.45) is 0 Å². The highest BCUT2D eigenvalue weighted by Crippen LogP contribution is 2.26. The van der Waals surface area contributed by atoms with Crippen LogP contribution in [0.25, 0.3) is 10.9 Å². The normalized spacial score (nSPS) is 10.8. The fraction of sp³-hybridized carbons (Fsp3) is 0.158. The van der Waals surface area contributed by atoms with Crippen molar-refractivity contribution in [1.82, 2.24) is 4.57 Å². The molecule has 0 saturated carbocycles. The van der Waals surface area contributed by atoms with Crippen LogP contribution in [0.4, 0.5) is 5.69 Å². The molecular formula is C19H16Cl2N2O3. The summed E-state index contributed by atoms with van der Waals surface area (Å²) in [6, 6.07) is 9.94. The Kier molecular flexibility index (Phi) is 5.20. The average molecular weight is 391 g/mol. The monoisotopic (exact) mass is 390 g/mol. The second kappa shape index (κ2) is 7.40. The molecule has 0 saturated heterocycles. The second-order valence-corrected chi connectivity index (χ2v) is 6.46. The molecule has 1 heterocycles. The Hall–Kier alpha value is -2.50. The third kappa shape index (κ3) is 3.41. The van der Waals surface area contributed by atoms with Gasteiger partial charge in [-0.05, 0) is 43.3 Å². The molecule has 3 aromatic rings. The zero-order valence-corrected chi connectivity index (χ0v) is 15.7. The van der Waals surface area contributed by atoms with E-state index in [1.54, 1.807) is 36.5 Å². The molecule has 1 aromatic heterocycles. The molecule has 0 aliphatic carbocycles. The first-order chi connectivity index (χ1) is 12.4. The lowest BCUT2D eigenvalue weighted by atomic mass is 10.1. The lowest BCUT2D eigenvalue weighted by Gasteiger charge is -2.13. The van der Waals surface area contributed by atoms with E-state index < -0.39 is 5.91 Å². The van der Waals surface area contributed by atoms with Gasteiger partial charge in [0.2, 0.25) is 5.43 Å². The van der Waals surface area contributed by atoms with E-state index in [0.29, 0.717) is 33.4 Å². The van der Waals surface area contributed by atoms with Gasteiger partial charge in [-0.1, -0.05) is 23.2 Å². The Morgan fingerprint density at radius 3 is 2.62 bits per heavy atom. The zero-order chi connectivity index (χ0) is 18.8. The predicted octanol–water partition coefficient (Wildman–Crippen LogP) is 4.59. The molecule has 1 N–H and O–H groups in total. The second-order valence-electron chi connectivity index (χ2n) is 5.62. The molecule has 5 nitrogen and oxygen atoms in total. The number of hydrogen-bond donors (Lipinski definition) is 1. The number of anilines is 1. The Morgan fingerprint density at radius 1 is 1.19 bits per heavy atom. The van der Waals surface area contributed by atoms with Crippen LogP contribution >= 0.6 is 23.2 Å². The van der Waals surface area contributed by atoms with Gasteiger partial charge in [-0.3, -0.25) is 9.59 Å². The van der Waals surface area contributed by atoms with Crippen LogP contribution in [0.15, 0.2) is 47.4 Å². The molecule has 0 unspecified atom stereocenters. The fourth-order valence-corrected chi connectivity index (χ4v) is 3.16. The molecule has 0 aliphatic heterocycles. The molecule has 0 aliphatic rings. The van der Waals surface area contributed by atoms with Crippen LogP contribution < -0.4 is 15.5 Å². The molecule has 134 valence electrons. The van der Waals surface area contributed by atoms with E-state index in [0.717, 1.165) is 5.52 Å². The quantitative estimate of drug-likeness (QED) is 0.708. The molecule has 0 fully saturated rings. The lowest BCUT2D eigenvalue weighted by Crippen LogP contribution is -2.24. The minimum Gasteiger partial charge on any atom is -0.497 e. The van der Waals surface area contributed by atoms with Crippen LogP contribution in [-0.4, -0.2) is 17.6 Å². The van der Waals surface area contributed by atoms with Crippen molar-refractivity contribution in [1.29, 1.82) is 0 Å². The van der Waals surface area contributed by atoms with Gasteiger partial charge in [-0.2, -0.15) is 0 Å². The van der Waals surface area contributed by atoms with Crippen LogP contribution in [0.3, 0.4) is 0 Å². The molecule has 0 bridgehead atoms. The molecule has 3 rings (SSSR count). The predicted molar refractivity (Wildman–Crippen MR) is 105 cm³/mol. The first-order valence-corrected chi connectivity index (χ1v) is 8.67. The van der Waals surface area contributed by atoms with Gasteiger partial charge < -0.3 is 14.6 Å². The van der Waals surface area contributed by atoms with Gasteiger partial charge in [-0.25, -0.2) is 0 Å². The Labute approximate surface area is 160 Å². The van der Waals surface area contributed by atoms with Crippen LogP contribution in [0.1, 0.15) is 17.3 Å². The minimum absolute atomic E-state index is 0.0265. The lowest BCUT2D eigenvalue weighted by molar-refractivity contribution is 0.102. The van der Waals surface area contributed by atoms with E-state index in [1.165, 1.54) is 13.2 Å². The highest BCUT2D eigenvalue weighted by atomic mass is 35.5. The molecule has 0 spiro atoms. The maximum atomic E-state index is 12.9. The highest BCUT2D eigenvalue weighted by Gasteiger charge is 2.17. The summed E-state index contributed by atoms with van der Waals surface area (Å²) in [7, 11) is 1.53. The third-order valence-corrected chi connectivity index (χ3v) is 4.60. The largest absolute Gasteiger partial charge is 0.497 e. The van der Waals surface area contributed by atoms with Gasteiger partial charge in [0.25, 0.3) is 5.91 Å². The van der Waals surface area contributed by atoms with Gasteiger partial charge in [0.05, 0.1) is 28.7 Å². The molecule has 0 radical (unpaired) electrons. The molecule has 0 atom stereocenters.